The average Bonchev–Trinajstić information content (AvgIpc) is 3.24. The maximum Gasteiger partial charge on any atom is 0.272 e. The molecular weight excluding hydrogens is 334 g/mol. The van der Waals surface area contributed by atoms with E-state index >= 15 is 0 Å². The van der Waals surface area contributed by atoms with Gasteiger partial charge in [-0.25, -0.2) is 0 Å². The number of thiophene rings is 1. The second-order valence-electron chi connectivity index (χ2n) is 6.05. The molecule has 2 aromatic heterocycles. The zero-order valence-electron chi connectivity index (χ0n) is 14.2. The summed E-state index contributed by atoms with van der Waals surface area (Å²) in [4.78, 5) is 14.1. The van der Waals surface area contributed by atoms with Crippen molar-refractivity contribution in [2.75, 3.05) is 7.11 Å². The molecule has 0 saturated heterocycles. The van der Waals surface area contributed by atoms with Gasteiger partial charge in [0.05, 0.1) is 12.8 Å². The van der Waals surface area contributed by atoms with E-state index in [1.807, 2.05) is 36.0 Å². The highest BCUT2D eigenvalue weighted by Crippen LogP contribution is 2.37. The maximum absolute atomic E-state index is 12.7. The molecule has 0 fully saturated rings. The highest BCUT2D eigenvalue weighted by Gasteiger charge is 2.27. The van der Waals surface area contributed by atoms with Crippen LogP contribution in [0.15, 0.2) is 35.7 Å². The first-order chi connectivity index (χ1) is 12.2. The summed E-state index contributed by atoms with van der Waals surface area (Å²) < 4.78 is 7.17. The number of nitrogens with zero attached hydrogens (tertiary/aromatic N) is 2. The van der Waals surface area contributed by atoms with Crippen molar-refractivity contribution in [3.63, 3.8) is 0 Å². The quantitative estimate of drug-likeness (QED) is 0.784. The second kappa shape index (κ2) is 6.37. The third-order valence-corrected chi connectivity index (χ3v) is 5.58. The normalized spacial score (nSPS) is 12.4. The molecule has 0 saturated carbocycles. The van der Waals surface area contributed by atoms with Crippen LogP contribution in [-0.2, 0) is 26.4 Å². The van der Waals surface area contributed by atoms with Gasteiger partial charge in [-0.05, 0) is 30.4 Å². The molecule has 1 aromatic carbocycles. The number of carbonyl (C=O) groups excluding carboxylic acids is 1. The van der Waals surface area contributed by atoms with Crippen LogP contribution in [0.1, 0.15) is 26.5 Å². The second-order valence-corrected chi connectivity index (χ2v) is 7.05. The molecule has 25 heavy (non-hydrogen) atoms. The van der Waals surface area contributed by atoms with Gasteiger partial charge in [-0.1, -0.05) is 18.2 Å². The van der Waals surface area contributed by atoms with Crippen molar-refractivity contribution in [1.29, 1.82) is 0 Å². The van der Waals surface area contributed by atoms with Gasteiger partial charge >= 0.3 is 0 Å². The first-order valence-corrected chi connectivity index (χ1v) is 9.09. The van der Waals surface area contributed by atoms with E-state index < -0.39 is 0 Å². The number of para-hydroxylation sites is 1. The standard InChI is InChI=1S/C19H19N3O2S/c1-22-18-13-9-10-25-16(13)8-7-14(18)17(21-22)19(23)20-11-12-5-3-4-6-15(12)24-2/h3-6,9-10H,7-8,11H2,1-2H3,(H,20,23). The number of rotatable bonds is 4. The van der Waals surface area contributed by atoms with Gasteiger partial charge in [0.15, 0.2) is 5.69 Å². The highest BCUT2D eigenvalue weighted by atomic mass is 32.1. The number of amides is 1. The Morgan fingerprint density at radius 3 is 3.00 bits per heavy atom. The molecule has 0 spiro atoms. The monoisotopic (exact) mass is 353 g/mol. The van der Waals surface area contributed by atoms with Gasteiger partial charge < -0.3 is 10.1 Å². The van der Waals surface area contributed by atoms with E-state index in [0.717, 1.165) is 35.4 Å². The Hall–Kier alpha value is -2.60. The molecule has 1 N–H and O–H groups in total. The van der Waals surface area contributed by atoms with E-state index in [2.05, 4.69) is 21.9 Å². The van der Waals surface area contributed by atoms with Crippen molar-refractivity contribution in [2.45, 2.75) is 19.4 Å². The van der Waals surface area contributed by atoms with Crippen molar-refractivity contribution >= 4 is 17.2 Å². The zero-order valence-corrected chi connectivity index (χ0v) is 15.0. The van der Waals surface area contributed by atoms with Crippen LogP contribution < -0.4 is 10.1 Å². The summed E-state index contributed by atoms with van der Waals surface area (Å²) in [7, 11) is 3.54. The van der Waals surface area contributed by atoms with Crippen LogP contribution in [0.3, 0.4) is 0 Å². The number of fused-ring (bicyclic) bond motifs is 3. The molecule has 1 amide bonds. The van der Waals surface area contributed by atoms with Crippen molar-refractivity contribution in [3.8, 4) is 17.0 Å². The predicted octanol–water partition coefficient (Wildman–Crippen LogP) is 3.19. The summed E-state index contributed by atoms with van der Waals surface area (Å²) >= 11 is 1.77. The van der Waals surface area contributed by atoms with Crippen LogP contribution in [0.25, 0.3) is 11.3 Å². The molecule has 1 aliphatic carbocycles. The Labute approximate surface area is 150 Å². The molecule has 0 bridgehead atoms. The summed E-state index contributed by atoms with van der Waals surface area (Å²) in [6, 6.07) is 9.81. The fourth-order valence-electron chi connectivity index (χ4n) is 3.42. The first-order valence-electron chi connectivity index (χ1n) is 8.21. The summed E-state index contributed by atoms with van der Waals surface area (Å²) in [5, 5.41) is 9.59. The van der Waals surface area contributed by atoms with Gasteiger partial charge in [0, 0.05) is 35.2 Å². The lowest BCUT2D eigenvalue weighted by atomic mass is 9.94. The number of aryl methyl sites for hydroxylation is 2. The largest absolute Gasteiger partial charge is 0.496 e. The lowest BCUT2D eigenvalue weighted by molar-refractivity contribution is 0.0944. The summed E-state index contributed by atoms with van der Waals surface area (Å²) in [6.45, 7) is 0.415. The van der Waals surface area contributed by atoms with Crippen LogP contribution in [-0.4, -0.2) is 22.8 Å². The van der Waals surface area contributed by atoms with Crippen molar-refractivity contribution < 1.29 is 9.53 Å². The van der Waals surface area contributed by atoms with E-state index in [1.54, 1.807) is 18.4 Å². The number of carbonyl (C=O) groups is 1. The molecule has 1 aliphatic rings. The summed E-state index contributed by atoms with van der Waals surface area (Å²) in [5.74, 6) is 0.634. The molecule has 2 heterocycles. The number of ether oxygens (including phenoxy) is 1. The van der Waals surface area contributed by atoms with Crippen molar-refractivity contribution in [1.82, 2.24) is 15.1 Å². The Bertz CT molecular complexity index is 942. The van der Waals surface area contributed by atoms with E-state index in [0.29, 0.717) is 12.2 Å². The lowest BCUT2D eigenvalue weighted by Crippen LogP contribution is -2.25. The van der Waals surface area contributed by atoms with Crippen molar-refractivity contribution in [2.24, 2.45) is 7.05 Å². The van der Waals surface area contributed by atoms with Gasteiger partial charge in [-0.3, -0.25) is 9.48 Å². The molecule has 0 atom stereocenters. The minimum Gasteiger partial charge on any atom is -0.496 e. The van der Waals surface area contributed by atoms with Crippen LogP contribution in [0.2, 0.25) is 0 Å². The number of benzene rings is 1. The number of methoxy groups -OCH3 is 1. The van der Waals surface area contributed by atoms with Crippen LogP contribution in [0.4, 0.5) is 0 Å². The Balaban J connectivity index is 1.59. The molecule has 5 nitrogen and oxygen atoms in total. The Kier molecular flexibility index (Phi) is 4.05. The number of hydrogen-bond acceptors (Lipinski definition) is 4. The van der Waals surface area contributed by atoms with E-state index in [9.17, 15) is 4.79 Å². The van der Waals surface area contributed by atoms with Crippen LogP contribution in [0.5, 0.6) is 5.75 Å². The van der Waals surface area contributed by atoms with Crippen LogP contribution >= 0.6 is 11.3 Å². The molecule has 4 rings (SSSR count). The number of aromatic nitrogens is 2. The summed E-state index contributed by atoms with van der Waals surface area (Å²) in [6.07, 6.45) is 1.83. The van der Waals surface area contributed by atoms with Crippen molar-refractivity contribution in [3.05, 3.63) is 57.4 Å². The average molecular weight is 353 g/mol. The lowest BCUT2D eigenvalue weighted by Gasteiger charge is -2.14. The summed E-state index contributed by atoms with van der Waals surface area (Å²) in [5.41, 5.74) is 4.81. The minimum atomic E-state index is -0.138. The Morgan fingerprint density at radius 2 is 2.16 bits per heavy atom. The first kappa shape index (κ1) is 15.9. The highest BCUT2D eigenvalue weighted by molar-refractivity contribution is 7.10. The fourth-order valence-corrected chi connectivity index (χ4v) is 4.30. The fraction of sp³-hybridized carbons (Fsp3) is 0.263. The zero-order chi connectivity index (χ0) is 17.4. The maximum atomic E-state index is 12.7. The predicted molar refractivity (Wildman–Crippen MR) is 98.1 cm³/mol. The van der Waals surface area contributed by atoms with E-state index in [1.165, 1.54) is 10.4 Å². The molecule has 3 aromatic rings. The molecule has 6 heteroatoms. The minimum absolute atomic E-state index is 0.138. The number of nitrogens with one attached hydrogen (secondary N) is 1. The van der Waals surface area contributed by atoms with Crippen LogP contribution in [0, 0.1) is 0 Å². The Morgan fingerprint density at radius 1 is 1.32 bits per heavy atom. The third-order valence-electron chi connectivity index (χ3n) is 4.59. The smallest absolute Gasteiger partial charge is 0.272 e. The van der Waals surface area contributed by atoms with Gasteiger partial charge in [0.25, 0.3) is 5.91 Å². The molecule has 0 radical (unpaired) electrons. The molecule has 0 unspecified atom stereocenters. The van der Waals surface area contributed by atoms with E-state index in [-0.39, 0.29) is 5.91 Å². The SMILES string of the molecule is COc1ccccc1CNC(=O)c1nn(C)c2c1CCc1sccc1-2. The topological polar surface area (TPSA) is 56.1 Å². The molecular formula is C19H19N3O2S. The van der Waals surface area contributed by atoms with Gasteiger partial charge in [0.1, 0.15) is 5.75 Å². The van der Waals surface area contributed by atoms with Gasteiger partial charge in [-0.15, -0.1) is 11.3 Å². The molecule has 0 aliphatic heterocycles. The number of hydrogen-bond donors (Lipinski definition) is 1. The van der Waals surface area contributed by atoms with Gasteiger partial charge in [0.2, 0.25) is 0 Å². The third kappa shape index (κ3) is 2.72. The molecule has 128 valence electrons. The van der Waals surface area contributed by atoms with Gasteiger partial charge in [-0.2, -0.15) is 5.10 Å². The van der Waals surface area contributed by atoms with E-state index in [4.69, 9.17) is 4.74 Å².